The van der Waals surface area contributed by atoms with E-state index in [-0.39, 0.29) is 17.0 Å². The van der Waals surface area contributed by atoms with Crippen LogP contribution in [-0.2, 0) is 13.0 Å². The third-order valence-electron chi connectivity index (χ3n) is 3.79. The van der Waals surface area contributed by atoms with Gasteiger partial charge in [0.05, 0.1) is 11.2 Å². The number of hydrogen-bond acceptors (Lipinski definition) is 3. The molecule has 0 fully saturated rings. The third kappa shape index (κ3) is 3.48. The maximum absolute atomic E-state index is 13.8. The number of aromatic nitrogens is 3. The molecule has 3 rings (SSSR count). The van der Waals surface area contributed by atoms with Crippen LogP contribution in [0.2, 0.25) is 0 Å². The lowest BCUT2D eigenvalue weighted by molar-refractivity contribution is 0.534. The Morgan fingerprint density at radius 2 is 2.17 bits per heavy atom. The summed E-state index contributed by atoms with van der Waals surface area (Å²) in [4.78, 5) is 15.1. The summed E-state index contributed by atoms with van der Waals surface area (Å²) in [5.41, 5.74) is 2.76. The minimum absolute atomic E-state index is 0.175. The fourth-order valence-corrected chi connectivity index (χ4v) is 2.63. The van der Waals surface area contributed by atoms with Gasteiger partial charge < -0.3 is 10.3 Å². The Bertz CT molecular complexity index is 884. The van der Waals surface area contributed by atoms with Crippen molar-refractivity contribution >= 4 is 10.9 Å². The highest BCUT2D eigenvalue weighted by molar-refractivity contribution is 5.78. The molecule has 1 atom stereocenters. The second kappa shape index (κ2) is 6.34. The van der Waals surface area contributed by atoms with Crippen molar-refractivity contribution in [1.82, 2.24) is 20.5 Å². The summed E-state index contributed by atoms with van der Waals surface area (Å²) < 4.78 is 13.8. The Morgan fingerprint density at radius 1 is 1.35 bits per heavy atom. The predicted molar refractivity (Wildman–Crippen MR) is 87.9 cm³/mol. The fourth-order valence-electron chi connectivity index (χ4n) is 2.63. The monoisotopic (exact) mass is 314 g/mol. The van der Waals surface area contributed by atoms with Gasteiger partial charge in [0.2, 0.25) is 0 Å². The van der Waals surface area contributed by atoms with Crippen LogP contribution in [0, 0.1) is 12.7 Å². The van der Waals surface area contributed by atoms with Gasteiger partial charge in [-0.2, -0.15) is 5.10 Å². The van der Waals surface area contributed by atoms with E-state index in [9.17, 15) is 9.18 Å². The van der Waals surface area contributed by atoms with Crippen LogP contribution in [0.15, 0.2) is 35.1 Å². The first-order valence-corrected chi connectivity index (χ1v) is 7.57. The van der Waals surface area contributed by atoms with E-state index in [0.717, 1.165) is 17.8 Å². The number of halogens is 1. The van der Waals surface area contributed by atoms with Crippen molar-refractivity contribution < 1.29 is 4.39 Å². The normalized spacial score (nSPS) is 12.7. The minimum Gasteiger partial charge on any atom is -0.355 e. The van der Waals surface area contributed by atoms with E-state index in [2.05, 4.69) is 20.5 Å². The van der Waals surface area contributed by atoms with E-state index in [1.54, 1.807) is 12.1 Å². The molecule has 0 saturated carbocycles. The zero-order chi connectivity index (χ0) is 16.4. The van der Waals surface area contributed by atoms with Crippen molar-refractivity contribution in [2.24, 2.45) is 0 Å². The number of H-pyrrole nitrogens is 2. The van der Waals surface area contributed by atoms with Crippen molar-refractivity contribution in [2.45, 2.75) is 32.9 Å². The number of hydrogen-bond donors (Lipinski definition) is 3. The van der Waals surface area contributed by atoms with Crippen LogP contribution < -0.4 is 10.7 Å². The van der Waals surface area contributed by atoms with Crippen LogP contribution in [-0.4, -0.2) is 21.2 Å². The topological polar surface area (TPSA) is 73.6 Å². The van der Waals surface area contributed by atoms with Gasteiger partial charge in [-0.3, -0.25) is 9.89 Å². The quantitative estimate of drug-likeness (QED) is 0.677. The van der Waals surface area contributed by atoms with Gasteiger partial charge in [0, 0.05) is 41.8 Å². The molecule has 0 amide bonds. The molecule has 23 heavy (non-hydrogen) atoms. The van der Waals surface area contributed by atoms with Crippen LogP contribution >= 0.6 is 0 Å². The second-order valence-electron chi connectivity index (χ2n) is 5.85. The van der Waals surface area contributed by atoms with Gasteiger partial charge in [0.15, 0.2) is 5.43 Å². The molecule has 6 heteroatoms. The molecule has 2 aromatic heterocycles. The van der Waals surface area contributed by atoms with E-state index in [0.29, 0.717) is 17.6 Å². The van der Waals surface area contributed by atoms with Gasteiger partial charge in [-0.15, -0.1) is 0 Å². The highest BCUT2D eigenvalue weighted by Crippen LogP contribution is 2.12. The number of nitrogens with one attached hydrogen (secondary N) is 3. The standard InChI is InChI=1S/C17H19FN4O/c1-10(6-12-7-11(2)21-22-12)19-9-13-8-16(23)14-4-3-5-15(18)17(14)20-13/h3-5,7-8,10,19H,6,9H2,1-2H3,(H,20,23)(H,21,22)/t10-/m1/s1. The van der Waals surface area contributed by atoms with Crippen LogP contribution in [0.4, 0.5) is 4.39 Å². The maximum atomic E-state index is 13.8. The highest BCUT2D eigenvalue weighted by Gasteiger charge is 2.09. The average molecular weight is 314 g/mol. The van der Waals surface area contributed by atoms with Crippen LogP contribution in [0.5, 0.6) is 0 Å². The third-order valence-corrected chi connectivity index (χ3v) is 3.79. The molecule has 0 bridgehead atoms. The highest BCUT2D eigenvalue weighted by atomic mass is 19.1. The molecule has 5 nitrogen and oxygen atoms in total. The Balaban J connectivity index is 1.72. The first-order chi connectivity index (χ1) is 11.0. The SMILES string of the molecule is Cc1cc(C[C@@H](C)NCc2cc(=O)c3cccc(F)c3[nH]2)n[nH]1. The first-order valence-electron chi connectivity index (χ1n) is 7.57. The zero-order valence-corrected chi connectivity index (χ0v) is 13.1. The Kier molecular flexibility index (Phi) is 4.25. The molecule has 120 valence electrons. The van der Waals surface area contributed by atoms with E-state index < -0.39 is 5.82 Å². The number of pyridine rings is 1. The van der Waals surface area contributed by atoms with E-state index in [4.69, 9.17) is 0 Å². The van der Waals surface area contributed by atoms with Crippen LogP contribution in [0.25, 0.3) is 10.9 Å². The molecule has 0 radical (unpaired) electrons. The second-order valence-corrected chi connectivity index (χ2v) is 5.85. The average Bonchev–Trinajstić information content (AvgIpc) is 2.91. The smallest absolute Gasteiger partial charge is 0.189 e. The lowest BCUT2D eigenvalue weighted by Gasteiger charge is -2.13. The number of nitrogens with zero attached hydrogens (tertiary/aromatic N) is 1. The number of aryl methyl sites for hydroxylation is 1. The lowest BCUT2D eigenvalue weighted by atomic mass is 10.1. The molecule has 3 N–H and O–H groups in total. The van der Waals surface area contributed by atoms with E-state index in [1.165, 1.54) is 12.1 Å². The van der Waals surface area contributed by atoms with Gasteiger partial charge in [-0.25, -0.2) is 4.39 Å². The summed E-state index contributed by atoms with van der Waals surface area (Å²) in [7, 11) is 0. The van der Waals surface area contributed by atoms with E-state index >= 15 is 0 Å². The summed E-state index contributed by atoms with van der Waals surface area (Å²) >= 11 is 0. The summed E-state index contributed by atoms with van der Waals surface area (Å²) in [6, 6.07) is 8.21. The van der Waals surface area contributed by atoms with Crippen molar-refractivity contribution in [3.8, 4) is 0 Å². The fraction of sp³-hybridized carbons (Fsp3) is 0.294. The Hall–Kier alpha value is -2.47. The maximum Gasteiger partial charge on any atom is 0.189 e. The molecule has 1 aromatic carbocycles. The zero-order valence-electron chi connectivity index (χ0n) is 13.1. The number of benzene rings is 1. The summed E-state index contributed by atoms with van der Waals surface area (Å²) in [6.45, 7) is 4.47. The van der Waals surface area contributed by atoms with Crippen LogP contribution in [0.3, 0.4) is 0 Å². The van der Waals surface area contributed by atoms with Gasteiger partial charge in [0.25, 0.3) is 0 Å². The number of rotatable bonds is 5. The molecule has 0 unspecified atom stereocenters. The first kappa shape index (κ1) is 15.4. The minimum atomic E-state index is -0.415. The van der Waals surface area contributed by atoms with Crippen molar-refractivity contribution in [2.75, 3.05) is 0 Å². The molecule has 3 aromatic rings. The molecule has 0 aliphatic carbocycles. The van der Waals surface area contributed by atoms with Crippen molar-refractivity contribution in [3.63, 3.8) is 0 Å². The van der Waals surface area contributed by atoms with Gasteiger partial charge in [0.1, 0.15) is 5.82 Å². The molecular weight excluding hydrogens is 295 g/mol. The Morgan fingerprint density at radius 3 is 2.91 bits per heavy atom. The largest absolute Gasteiger partial charge is 0.355 e. The Labute approximate surface area is 132 Å². The molecule has 0 aliphatic heterocycles. The summed E-state index contributed by atoms with van der Waals surface area (Å²) in [5, 5.41) is 10.8. The number of aromatic amines is 2. The number of fused-ring (bicyclic) bond motifs is 1. The van der Waals surface area contributed by atoms with Crippen molar-refractivity contribution in [3.05, 3.63) is 63.5 Å². The molecule has 0 saturated heterocycles. The number of para-hydroxylation sites is 1. The predicted octanol–water partition coefficient (Wildman–Crippen LogP) is 2.42. The lowest BCUT2D eigenvalue weighted by Crippen LogP contribution is -2.28. The molecular formula is C17H19FN4O. The van der Waals surface area contributed by atoms with Gasteiger partial charge >= 0.3 is 0 Å². The molecule has 2 heterocycles. The molecule has 0 spiro atoms. The summed E-state index contributed by atoms with van der Waals surface area (Å²) in [5.74, 6) is -0.415. The van der Waals surface area contributed by atoms with Crippen molar-refractivity contribution in [1.29, 1.82) is 0 Å². The van der Waals surface area contributed by atoms with Crippen LogP contribution in [0.1, 0.15) is 24.0 Å². The van der Waals surface area contributed by atoms with Gasteiger partial charge in [-0.1, -0.05) is 6.07 Å². The summed E-state index contributed by atoms with van der Waals surface area (Å²) in [6.07, 6.45) is 0.774. The molecule has 0 aliphatic rings. The van der Waals surface area contributed by atoms with Gasteiger partial charge in [-0.05, 0) is 32.0 Å². The van der Waals surface area contributed by atoms with E-state index in [1.807, 2.05) is 19.9 Å².